The third-order valence-electron chi connectivity index (χ3n) is 5.98. The summed E-state index contributed by atoms with van der Waals surface area (Å²) in [6, 6.07) is 2.51. The van der Waals surface area contributed by atoms with Crippen LogP contribution in [0.3, 0.4) is 0 Å². The van der Waals surface area contributed by atoms with Crippen LogP contribution in [0.5, 0.6) is 0 Å². The fourth-order valence-corrected chi connectivity index (χ4v) is 5.85. The van der Waals surface area contributed by atoms with E-state index >= 15 is 0 Å². The van der Waals surface area contributed by atoms with Crippen molar-refractivity contribution < 1.29 is 9.53 Å². The van der Waals surface area contributed by atoms with Gasteiger partial charge in [-0.3, -0.25) is 0 Å². The number of nitriles is 1. The van der Waals surface area contributed by atoms with Crippen LogP contribution in [0, 0.1) is 11.3 Å². The van der Waals surface area contributed by atoms with E-state index in [2.05, 4.69) is 77.0 Å². The Balaban J connectivity index is 2.50. The number of carbonyl (C=O) groups excluding carboxylic acids is 1. The molecule has 6 heteroatoms. The highest BCUT2D eigenvalue weighted by atomic mass is 16.5. The van der Waals surface area contributed by atoms with E-state index in [1.54, 1.807) is 6.20 Å². The van der Waals surface area contributed by atoms with Crippen molar-refractivity contribution in [3.05, 3.63) is 11.8 Å². The van der Waals surface area contributed by atoms with E-state index < -0.39 is 5.97 Å². The Morgan fingerprint density at radius 1 is 0.897 bits per heavy atom. The van der Waals surface area contributed by atoms with E-state index in [0.717, 1.165) is 25.7 Å². The van der Waals surface area contributed by atoms with Gasteiger partial charge in [0, 0.05) is 40.4 Å². The van der Waals surface area contributed by atoms with Crippen LogP contribution in [0.1, 0.15) is 81.1 Å². The number of ether oxygens (including phenoxy) is 1. The molecule has 0 spiro atoms. The van der Waals surface area contributed by atoms with Gasteiger partial charge in [0.15, 0.2) is 5.57 Å². The maximum Gasteiger partial charge on any atom is 0.350 e. The summed E-state index contributed by atoms with van der Waals surface area (Å²) >= 11 is 0. The van der Waals surface area contributed by atoms with Crippen molar-refractivity contribution >= 4 is 5.97 Å². The number of hydrogen-bond donors (Lipinski definition) is 2. The molecule has 0 aromatic heterocycles. The van der Waals surface area contributed by atoms with Gasteiger partial charge in [0.05, 0.1) is 7.11 Å². The average molecular weight is 405 g/mol. The molecule has 0 aromatic carbocycles. The van der Waals surface area contributed by atoms with Crippen molar-refractivity contribution in [2.45, 2.75) is 115 Å². The molecule has 0 aliphatic carbocycles. The predicted octanol–water partition coefficient (Wildman–Crippen LogP) is 3.49. The van der Waals surface area contributed by atoms with Crippen LogP contribution in [-0.2, 0) is 9.53 Å². The maximum absolute atomic E-state index is 12.2. The van der Waals surface area contributed by atoms with E-state index in [4.69, 9.17) is 4.74 Å². The van der Waals surface area contributed by atoms with Gasteiger partial charge in [0.25, 0.3) is 0 Å². The quantitative estimate of drug-likeness (QED) is 0.424. The van der Waals surface area contributed by atoms with Gasteiger partial charge in [0.2, 0.25) is 0 Å². The molecule has 0 bridgehead atoms. The summed E-state index contributed by atoms with van der Waals surface area (Å²) in [6.07, 6.45) is 5.54. The topological polar surface area (TPSA) is 77.4 Å². The number of carbonyl (C=O) groups is 1. The fourth-order valence-electron chi connectivity index (χ4n) is 5.85. The number of rotatable bonds is 4. The summed E-state index contributed by atoms with van der Waals surface area (Å²) < 4.78 is 4.86. The lowest BCUT2D eigenvalue weighted by atomic mass is 9.75. The first kappa shape index (κ1) is 23.7. The van der Waals surface area contributed by atoms with Gasteiger partial charge >= 0.3 is 5.97 Å². The van der Waals surface area contributed by atoms with Gasteiger partial charge in [-0.2, -0.15) is 5.26 Å². The maximum atomic E-state index is 12.2. The molecule has 2 rings (SSSR count). The summed E-state index contributed by atoms with van der Waals surface area (Å²) in [4.78, 5) is 14.5. The molecule has 0 saturated carbocycles. The molecule has 2 heterocycles. The Bertz CT molecular complexity index is 630. The van der Waals surface area contributed by atoms with Gasteiger partial charge in [-0.25, -0.2) is 4.79 Å². The first-order valence-corrected chi connectivity index (χ1v) is 10.7. The zero-order chi connectivity index (χ0) is 22.3. The van der Waals surface area contributed by atoms with Crippen LogP contribution in [-0.4, -0.2) is 52.2 Å². The summed E-state index contributed by atoms with van der Waals surface area (Å²) in [5, 5.41) is 17.1. The number of esters is 1. The lowest BCUT2D eigenvalue weighted by Crippen LogP contribution is -2.66. The number of piperidine rings is 2. The highest BCUT2D eigenvalue weighted by Crippen LogP contribution is 2.38. The Hall–Kier alpha value is -1.58. The van der Waals surface area contributed by atoms with Crippen LogP contribution in [0.4, 0.5) is 0 Å². The first-order chi connectivity index (χ1) is 13.1. The van der Waals surface area contributed by atoms with Gasteiger partial charge in [-0.05, 0) is 81.1 Å². The summed E-state index contributed by atoms with van der Waals surface area (Å²) in [6.45, 7) is 17.8. The zero-order valence-electron chi connectivity index (χ0n) is 19.8. The van der Waals surface area contributed by atoms with Crippen molar-refractivity contribution in [3.63, 3.8) is 0 Å². The lowest BCUT2D eigenvalue weighted by Gasteiger charge is -2.55. The molecule has 2 aliphatic rings. The van der Waals surface area contributed by atoms with E-state index in [9.17, 15) is 10.1 Å². The van der Waals surface area contributed by atoms with Gasteiger partial charge in [-0.1, -0.05) is 0 Å². The van der Waals surface area contributed by atoms with E-state index in [0.29, 0.717) is 0 Å². The third kappa shape index (κ3) is 6.20. The Morgan fingerprint density at radius 3 is 1.52 bits per heavy atom. The Kier molecular flexibility index (Phi) is 6.47. The van der Waals surface area contributed by atoms with E-state index in [1.807, 2.05) is 0 Å². The molecule has 2 saturated heterocycles. The lowest BCUT2D eigenvalue weighted by molar-refractivity contribution is -0.135. The smallest absolute Gasteiger partial charge is 0.350 e. The molecular formula is C23H40N4O2. The number of hydrogen-bond acceptors (Lipinski definition) is 6. The van der Waals surface area contributed by atoms with Crippen LogP contribution >= 0.6 is 0 Å². The molecule has 0 amide bonds. The minimum absolute atomic E-state index is 0.0332. The number of nitrogens with one attached hydrogen (secondary N) is 2. The van der Waals surface area contributed by atoms with Crippen LogP contribution in [0.25, 0.3) is 0 Å². The largest absolute Gasteiger partial charge is 0.465 e. The van der Waals surface area contributed by atoms with Crippen molar-refractivity contribution in [2.24, 2.45) is 0 Å². The summed E-state index contributed by atoms with van der Waals surface area (Å²) in [7, 11) is 1.32. The summed E-state index contributed by atoms with van der Waals surface area (Å²) in [5.74, 6) is -0.572. The van der Waals surface area contributed by atoms with Gasteiger partial charge in [0.1, 0.15) is 6.07 Å². The average Bonchev–Trinajstić information content (AvgIpc) is 2.49. The molecule has 2 aliphatic heterocycles. The molecular weight excluding hydrogens is 364 g/mol. The molecule has 29 heavy (non-hydrogen) atoms. The van der Waals surface area contributed by atoms with Gasteiger partial charge in [-0.15, -0.1) is 0 Å². The third-order valence-corrected chi connectivity index (χ3v) is 5.98. The molecule has 164 valence electrons. The van der Waals surface area contributed by atoms with E-state index in [1.165, 1.54) is 7.11 Å². The van der Waals surface area contributed by atoms with Crippen molar-refractivity contribution in [1.82, 2.24) is 15.5 Å². The van der Waals surface area contributed by atoms with Crippen molar-refractivity contribution in [1.29, 1.82) is 5.26 Å². The van der Waals surface area contributed by atoms with Crippen molar-refractivity contribution in [3.8, 4) is 6.07 Å². The van der Waals surface area contributed by atoms with Crippen molar-refractivity contribution in [2.75, 3.05) is 7.11 Å². The predicted molar refractivity (Wildman–Crippen MR) is 116 cm³/mol. The second kappa shape index (κ2) is 7.92. The Morgan fingerprint density at radius 2 is 1.24 bits per heavy atom. The molecule has 2 N–H and O–H groups in total. The molecule has 0 unspecified atom stereocenters. The van der Waals surface area contributed by atoms with E-state index in [-0.39, 0.29) is 39.8 Å². The highest BCUT2D eigenvalue weighted by molar-refractivity contribution is 5.92. The number of methoxy groups -OCH3 is 1. The monoisotopic (exact) mass is 404 g/mol. The summed E-state index contributed by atoms with van der Waals surface area (Å²) in [5.41, 5.74) is -0.0673. The number of nitrogens with zero attached hydrogens (tertiary/aromatic N) is 2. The normalized spacial score (nSPS) is 26.4. The standard InChI is InChI=1S/C23H40N4O2/c1-20(2)10-17(11-21(3,4)25-20)27(15-16(14-24)19(28)29-9)18-12-22(5,6)26-23(7,8)13-18/h15,17-18,25-26H,10-13H2,1-9H3. The second-order valence-corrected chi connectivity index (χ2v) is 11.5. The second-order valence-electron chi connectivity index (χ2n) is 11.5. The minimum Gasteiger partial charge on any atom is -0.465 e. The fraction of sp³-hybridized carbons (Fsp3) is 0.826. The molecule has 2 fully saturated rings. The highest BCUT2D eigenvalue weighted by Gasteiger charge is 2.45. The van der Waals surface area contributed by atoms with Crippen LogP contribution < -0.4 is 10.6 Å². The van der Waals surface area contributed by atoms with Crippen LogP contribution in [0.2, 0.25) is 0 Å². The molecule has 0 atom stereocenters. The molecule has 6 nitrogen and oxygen atoms in total. The SMILES string of the molecule is COC(=O)C(C#N)=CN(C1CC(C)(C)NC(C)(C)C1)C1CC(C)(C)NC(C)(C)C1. The molecule has 0 radical (unpaired) electrons. The zero-order valence-corrected chi connectivity index (χ0v) is 19.8. The Labute approximate surface area is 177 Å². The van der Waals surface area contributed by atoms with Gasteiger partial charge < -0.3 is 20.3 Å². The first-order valence-electron chi connectivity index (χ1n) is 10.7. The molecule has 0 aromatic rings. The minimum atomic E-state index is -0.572. The van der Waals surface area contributed by atoms with Crippen LogP contribution in [0.15, 0.2) is 11.8 Å².